The fourth-order valence-corrected chi connectivity index (χ4v) is 2.84. The summed E-state index contributed by atoms with van der Waals surface area (Å²) in [6.45, 7) is 4.63. The van der Waals surface area contributed by atoms with E-state index in [2.05, 4.69) is 10.4 Å². The molecular formula is C20H21N5O5. The Kier molecular flexibility index (Phi) is 5.95. The molecule has 0 radical (unpaired) electrons. The van der Waals surface area contributed by atoms with Gasteiger partial charge < -0.3 is 10.1 Å². The number of carbonyl (C=O) groups is 2. The Morgan fingerprint density at radius 1 is 1.10 bits per heavy atom. The smallest absolute Gasteiger partial charge is 0.328 e. The lowest BCUT2D eigenvalue weighted by molar-refractivity contribution is -0.148. The number of anilines is 1. The highest BCUT2D eigenvalue weighted by molar-refractivity contribution is 5.93. The monoisotopic (exact) mass is 411 g/mol. The van der Waals surface area contributed by atoms with Gasteiger partial charge in [-0.3, -0.25) is 23.9 Å². The van der Waals surface area contributed by atoms with E-state index in [-0.39, 0.29) is 0 Å². The Balaban J connectivity index is 1.62. The van der Waals surface area contributed by atoms with Crippen molar-refractivity contribution in [2.24, 2.45) is 0 Å². The molecule has 0 aliphatic heterocycles. The molecule has 30 heavy (non-hydrogen) atoms. The van der Waals surface area contributed by atoms with E-state index in [4.69, 9.17) is 4.74 Å². The van der Waals surface area contributed by atoms with E-state index in [0.29, 0.717) is 11.4 Å². The number of aromatic nitrogens is 4. The van der Waals surface area contributed by atoms with Crippen molar-refractivity contribution in [3.63, 3.8) is 0 Å². The number of rotatable bonds is 6. The first kappa shape index (κ1) is 20.8. The first-order valence-corrected chi connectivity index (χ1v) is 9.13. The summed E-state index contributed by atoms with van der Waals surface area (Å²) in [7, 11) is 0. The first-order valence-electron chi connectivity index (χ1n) is 9.13. The lowest BCUT2D eigenvalue weighted by atomic mass is 10.2. The van der Waals surface area contributed by atoms with Crippen molar-refractivity contribution in [1.82, 2.24) is 19.3 Å². The maximum atomic E-state index is 12.2. The summed E-state index contributed by atoms with van der Waals surface area (Å²) in [4.78, 5) is 48.8. The largest absolute Gasteiger partial charge is 0.454 e. The maximum absolute atomic E-state index is 12.2. The zero-order chi connectivity index (χ0) is 21.8. The third kappa shape index (κ3) is 4.72. The SMILES string of the molecule is Cc1ccc(-n2nc(C)c(NC(=O)COC(=O)Cn3ccc(=O)[nH]c3=O)c2C)cc1. The molecule has 0 aliphatic rings. The minimum absolute atomic E-state index is 0.424. The van der Waals surface area contributed by atoms with Crippen molar-refractivity contribution in [3.05, 3.63) is 74.3 Å². The average Bonchev–Trinajstić information content (AvgIpc) is 2.97. The zero-order valence-electron chi connectivity index (χ0n) is 16.8. The summed E-state index contributed by atoms with van der Waals surface area (Å²) >= 11 is 0. The van der Waals surface area contributed by atoms with Crippen LogP contribution in [-0.2, 0) is 20.9 Å². The summed E-state index contributed by atoms with van der Waals surface area (Å²) in [5, 5.41) is 7.16. The quantitative estimate of drug-likeness (QED) is 0.578. The molecule has 2 N–H and O–H groups in total. The lowest BCUT2D eigenvalue weighted by Crippen LogP contribution is -2.32. The van der Waals surface area contributed by atoms with Crippen LogP contribution in [0.2, 0.25) is 0 Å². The Morgan fingerprint density at radius 3 is 2.47 bits per heavy atom. The van der Waals surface area contributed by atoms with Crippen LogP contribution in [0.1, 0.15) is 17.0 Å². The van der Waals surface area contributed by atoms with E-state index in [9.17, 15) is 19.2 Å². The van der Waals surface area contributed by atoms with Gasteiger partial charge >= 0.3 is 11.7 Å². The van der Waals surface area contributed by atoms with Crippen LogP contribution in [0.25, 0.3) is 5.69 Å². The molecule has 3 aromatic rings. The number of aryl methyl sites for hydroxylation is 2. The summed E-state index contributed by atoms with van der Waals surface area (Å²) in [5.74, 6) is -1.32. The Bertz CT molecular complexity index is 1200. The van der Waals surface area contributed by atoms with E-state index in [1.807, 2.05) is 43.1 Å². The van der Waals surface area contributed by atoms with E-state index in [1.54, 1.807) is 11.6 Å². The van der Waals surface area contributed by atoms with Crippen LogP contribution < -0.4 is 16.6 Å². The van der Waals surface area contributed by atoms with Crippen LogP contribution in [0.5, 0.6) is 0 Å². The van der Waals surface area contributed by atoms with Crippen LogP contribution in [0, 0.1) is 20.8 Å². The lowest BCUT2D eigenvalue weighted by Gasteiger charge is -2.09. The fraction of sp³-hybridized carbons (Fsp3) is 0.250. The van der Waals surface area contributed by atoms with Gasteiger partial charge in [-0.25, -0.2) is 9.48 Å². The summed E-state index contributed by atoms with van der Waals surface area (Å²) < 4.78 is 7.61. The summed E-state index contributed by atoms with van der Waals surface area (Å²) in [5.41, 5.74) is 2.57. The second-order valence-corrected chi connectivity index (χ2v) is 6.74. The predicted octanol–water partition coefficient (Wildman–Crippen LogP) is 0.829. The molecule has 0 saturated heterocycles. The van der Waals surface area contributed by atoms with Crippen molar-refractivity contribution >= 4 is 17.6 Å². The molecule has 2 aromatic heterocycles. The molecule has 0 spiro atoms. The normalized spacial score (nSPS) is 10.6. The molecule has 0 unspecified atom stereocenters. The van der Waals surface area contributed by atoms with Crippen molar-refractivity contribution in [2.75, 3.05) is 11.9 Å². The molecule has 156 valence electrons. The number of carbonyl (C=O) groups excluding carboxylic acids is 2. The number of nitrogens with zero attached hydrogens (tertiary/aromatic N) is 3. The second kappa shape index (κ2) is 8.60. The molecule has 3 rings (SSSR count). The van der Waals surface area contributed by atoms with Gasteiger partial charge in [-0.2, -0.15) is 5.10 Å². The third-order valence-corrected chi connectivity index (χ3v) is 4.39. The Hall–Kier alpha value is -3.95. The van der Waals surface area contributed by atoms with Crippen LogP contribution in [0.4, 0.5) is 5.69 Å². The number of hydrogen-bond acceptors (Lipinski definition) is 6. The van der Waals surface area contributed by atoms with Crippen LogP contribution in [0.15, 0.2) is 46.1 Å². The first-order chi connectivity index (χ1) is 14.2. The molecule has 0 bridgehead atoms. The average molecular weight is 411 g/mol. The van der Waals surface area contributed by atoms with Gasteiger partial charge in [-0.1, -0.05) is 17.7 Å². The highest BCUT2D eigenvalue weighted by Crippen LogP contribution is 2.23. The number of aromatic amines is 1. The zero-order valence-corrected chi connectivity index (χ0v) is 16.8. The van der Waals surface area contributed by atoms with Gasteiger partial charge in [0.1, 0.15) is 6.54 Å². The van der Waals surface area contributed by atoms with E-state index in [1.165, 1.54) is 6.20 Å². The van der Waals surface area contributed by atoms with Gasteiger partial charge in [0.05, 0.1) is 22.8 Å². The van der Waals surface area contributed by atoms with Gasteiger partial charge in [-0.15, -0.1) is 0 Å². The Morgan fingerprint density at radius 2 is 1.80 bits per heavy atom. The molecular weight excluding hydrogens is 390 g/mol. The molecule has 2 heterocycles. The van der Waals surface area contributed by atoms with Crippen molar-refractivity contribution < 1.29 is 14.3 Å². The molecule has 10 nitrogen and oxygen atoms in total. The number of benzene rings is 1. The van der Waals surface area contributed by atoms with E-state index in [0.717, 1.165) is 27.6 Å². The van der Waals surface area contributed by atoms with Crippen molar-refractivity contribution in [3.8, 4) is 5.69 Å². The van der Waals surface area contributed by atoms with Gasteiger partial charge in [0.15, 0.2) is 6.61 Å². The van der Waals surface area contributed by atoms with Gasteiger partial charge in [0.25, 0.3) is 11.5 Å². The van der Waals surface area contributed by atoms with Crippen molar-refractivity contribution in [2.45, 2.75) is 27.3 Å². The highest BCUT2D eigenvalue weighted by atomic mass is 16.5. The van der Waals surface area contributed by atoms with Gasteiger partial charge in [0.2, 0.25) is 0 Å². The fourth-order valence-electron chi connectivity index (χ4n) is 2.84. The van der Waals surface area contributed by atoms with Gasteiger partial charge in [0, 0.05) is 12.3 Å². The summed E-state index contributed by atoms with van der Waals surface area (Å²) in [6, 6.07) is 8.91. The standard InChI is InChI=1S/C20H21N5O5/c1-12-4-6-15(7-5-12)25-14(3)19(13(2)23-25)21-17(27)11-30-18(28)10-24-9-8-16(26)22-20(24)29/h4-9H,10-11H2,1-3H3,(H,21,27)(H,22,26,29). The molecule has 0 saturated carbocycles. The highest BCUT2D eigenvalue weighted by Gasteiger charge is 2.16. The molecule has 0 atom stereocenters. The number of esters is 1. The molecule has 0 fully saturated rings. The molecule has 1 amide bonds. The second-order valence-electron chi connectivity index (χ2n) is 6.74. The van der Waals surface area contributed by atoms with E-state index < -0.39 is 36.3 Å². The van der Waals surface area contributed by atoms with Crippen LogP contribution in [0.3, 0.4) is 0 Å². The molecule has 0 aliphatic carbocycles. The molecule has 1 aromatic carbocycles. The predicted molar refractivity (Wildman–Crippen MR) is 109 cm³/mol. The molecule has 10 heteroatoms. The Labute approximate surface area is 171 Å². The minimum atomic E-state index is -0.789. The van der Waals surface area contributed by atoms with Crippen LogP contribution in [-0.4, -0.2) is 37.8 Å². The topological polar surface area (TPSA) is 128 Å². The number of hydrogen-bond donors (Lipinski definition) is 2. The van der Waals surface area contributed by atoms with E-state index >= 15 is 0 Å². The number of nitrogens with one attached hydrogen (secondary N) is 2. The summed E-state index contributed by atoms with van der Waals surface area (Å²) in [6.07, 6.45) is 1.18. The minimum Gasteiger partial charge on any atom is -0.454 e. The third-order valence-electron chi connectivity index (χ3n) is 4.39. The van der Waals surface area contributed by atoms with Crippen LogP contribution >= 0.6 is 0 Å². The van der Waals surface area contributed by atoms with Gasteiger partial charge in [-0.05, 0) is 32.9 Å². The number of H-pyrrole nitrogens is 1. The number of amides is 1. The van der Waals surface area contributed by atoms with Crippen molar-refractivity contribution in [1.29, 1.82) is 0 Å². The maximum Gasteiger partial charge on any atom is 0.328 e. The number of ether oxygens (including phenoxy) is 1.